The largest absolute Gasteiger partial charge is 0.319 e. The Hall–Kier alpha value is -1.13. The lowest BCUT2D eigenvalue weighted by atomic mass is 10.1. The summed E-state index contributed by atoms with van der Waals surface area (Å²) in [6.07, 6.45) is 0. The van der Waals surface area contributed by atoms with E-state index in [-0.39, 0.29) is 10.9 Å². The molecule has 1 aromatic carbocycles. The van der Waals surface area contributed by atoms with Crippen molar-refractivity contribution < 1.29 is 9.32 Å². The predicted molar refractivity (Wildman–Crippen MR) is 76.9 cm³/mol. The second-order valence-electron chi connectivity index (χ2n) is 6.16. The van der Waals surface area contributed by atoms with Gasteiger partial charge in [-0.2, -0.15) is 0 Å². The highest BCUT2D eigenvalue weighted by molar-refractivity contribution is 6.74. The van der Waals surface area contributed by atoms with Crippen LogP contribution in [0.3, 0.4) is 0 Å². The maximum Gasteiger partial charge on any atom is 0.273 e. The van der Waals surface area contributed by atoms with E-state index in [0.717, 1.165) is 5.56 Å². The number of hydrogen-bond donors (Lipinski definition) is 1. The van der Waals surface area contributed by atoms with E-state index in [4.69, 9.17) is 4.53 Å². The van der Waals surface area contributed by atoms with Gasteiger partial charge in [-0.25, -0.2) is 5.48 Å². The van der Waals surface area contributed by atoms with E-state index >= 15 is 0 Å². The molecule has 18 heavy (non-hydrogen) atoms. The van der Waals surface area contributed by atoms with Crippen molar-refractivity contribution in [2.45, 2.75) is 45.8 Å². The van der Waals surface area contributed by atoms with Gasteiger partial charge in [-0.1, -0.05) is 38.5 Å². The summed E-state index contributed by atoms with van der Waals surface area (Å²) in [5, 5.41) is 0.0769. The van der Waals surface area contributed by atoms with Crippen LogP contribution in [0.2, 0.25) is 18.1 Å². The van der Waals surface area contributed by atoms with Crippen molar-refractivity contribution in [3.05, 3.63) is 35.4 Å². The molecular formula is C14H23NO2Si. The first kappa shape index (κ1) is 14.9. The van der Waals surface area contributed by atoms with Gasteiger partial charge in [0.25, 0.3) is 5.91 Å². The molecule has 0 aromatic heterocycles. The molecule has 0 fully saturated rings. The SMILES string of the molecule is Cc1ccc(C(=O)NO[Si](C)(C)C(C)(C)C)cc1. The summed E-state index contributed by atoms with van der Waals surface area (Å²) < 4.78 is 5.68. The summed E-state index contributed by atoms with van der Waals surface area (Å²) in [6, 6.07) is 7.45. The molecule has 1 amide bonds. The van der Waals surface area contributed by atoms with E-state index in [0.29, 0.717) is 5.56 Å². The van der Waals surface area contributed by atoms with Crippen LogP contribution in [-0.4, -0.2) is 14.2 Å². The van der Waals surface area contributed by atoms with Crippen molar-refractivity contribution in [3.8, 4) is 0 Å². The van der Waals surface area contributed by atoms with Crippen LogP contribution in [-0.2, 0) is 4.53 Å². The lowest BCUT2D eigenvalue weighted by Gasteiger charge is -2.35. The highest BCUT2D eigenvalue weighted by Crippen LogP contribution is 2.35. The third kappa shape index (κ3) is 3.68. The first-order chi connectivity index (χ1) is 8.13. The van der Waals surface area contributed by atoms with Gasteiger partial charge in [-0.15, -0.1) is 0 Å². The number of hydrogen-bond acceptors (Lipinski definition) is 2. The zero-order valence-corrected chi connectivity index (χ0v) is 13.1. The molecule has 0 aliphatic carbocycles. The minimum atomic E-state index is -1.94. The quantitative estimate of drug-likeness (QED) is 0.669. The van der Waals surface area contributed by atoms with Gasteiger partial charge >= 0.3 is 0 Å². The zero-order chi connectivity index (χ0) is 14.0. The molecule has 0 aliphatic heterocycles. The Labute approximate surface area is 111 Å². The third-order valence-electron chi connectivity index (χ3n) is 3.52. The Bertz CT molecular complexity index is 418. The molecule has 1 aromatic rings. The summed E-state index contributed by atoms with van der Waals surface area (Å²) in [4.78, 5) is 11.9. The Morgan fingerprint density at radius 1 is 1.17 bits per heavy atom. The maximum absolute atomic E-state index is 11.9. The Morgan fingerprint density at radius 3 is 2.11 bits per heavy atom. The Balaban J connectivity index is 2.65. The normalized spacial score (nSPS) is 12.3. The fourth-order valence-electron chi connectivity index (χ4n) is 1.09. The van der Waals surface area contributed by atoms with E-state index in [1.807, 2.05) is 19.1 Å². The van der Waals surface area contributed by atoms with Gasteiger partial charge in [0.2, 0.25) is 8.32 Å². The molecule has 100 valence electrons. The van der Waals surface area contributed by atoms with Crippen LogP contribution in [0.4, 0.5) is 0 Å². The van der Waals surface area contributed by atoms with E-state index in [1.165, 1.54) is 0 Å². The minimum Gasteiger partial charge on any atom is -0.319 e. The molecule has 0 saturated carbocycles. The number of carbonyl (C=O) groups excluding carboxylic acids is 1. The number of aryl methyl sites for hydroxylation is 1. The van der Waals surface area contributed by atoms with Crippen LogP contribution in [0.25, 0.3) is 0 Å². The van der Waals surface area contributed by atoms with Gasteiger partial charge in [-0.05, 0) is 37.2 Å². The second kappa shape index (κ2) is 5.24. The number of hydroxylamine groups is 1. The third-order valence-corrected chi connectivity index (χ3v) is 7.74. The van der Waals surface area contributed by atoms with Crippen molar-refractivity contribution >= 4 is 14.2 Å². The summed E-state index contributed by atoms with van der Waals surface area (Å²) in [5.74, 6) is -0.181. The maximum atomic E-state index is 11.9. The topological polar surface area (TPSA) is 38.3 Å². The number of rotatable bonds is 3. The minimum absolute atomic E-state index is 0.0769. The first-order valence-electron chi connectivity index (χ1n) is 6.18. The van der Waals surface area contributed by atoms with Gasteiger partial charge in [0.05, 0.1) is 0 Å². The fourth-order valence-corrected chi connectivity index (χ4v) is 1.74. The Kier molecular flexibility index (Phi) is 4.35. The molecule has 0 heterocycles. The van der Waals surface area contributed by atoms with Crippen LogP contribution < -0.4 is 5.48 Å². The van der Waals surface area contributed by atoms with Crippen molar-refractivity contribution in [1.29, 1.82) is 0 Å². The standard InChI is InChI=1S/C14H23NO2Si/c1-11-7-9-12(10-8-11)13(16)15-17-18(5,6)14(2,3)4/h7-10H,1-6H3,(H,15,16). The van der Waals surface area contributed by atoms with Crippen molar-refractivity contribution in [2.24, 2.45) is 0 Å². The number of nitrogens with one attached hydrogen (secondary N) is 1. The smallest absolute Gasteiger partial charge is 0.273 e. The zero-order valence-electron chi connectivity index (χ0n) is 12.1. The number of benzene rings is 1. The molecule has 0 aliphatic rings. The van der Waals surface area contributed by atoms with E-state index in [1.54, 1.807) is 12.1 Å². The highest BCUT2D eigenvalue weighted by Gasteiger charge is 2.38. The summed E-state index contributed by atoms with van der Waals surface area (Å²) in [6.45, 7) is 12.6. The predicted octanol–water partition coefficient (Wildman–Crippen LogP) is 3.66. The van der Waals surface area contributed by atoms with Crippen molar-refractivity contribution in [3.63, 3.8) is 0 Å². The van der Waals surface area contributed by atoms with Gasteiger partial charge in [0, 0.05) is 5.56 Å². The molecule has 0 spiro atoms. The van der Waals surface area contributed by atoms with E-state index in [2.05, 4.69) is 39.3 Å². The molecule has 0 saturated heterocycles. The van der Waals surface area contributed by atoms with Crippen LogP contribution in [0.15, 0.2) is 24.3 Å². The van der Waals surface area contributed by atoms with Crippen molar-refractivity contribution in [2.75, 3.05) is 0 Å². The van der Waals surface area contributed by atoms with Gasteiger partial charge in [-0.3, -0.25) is 4.79 Å². The fraction of sp³-hybridized carbons (Fsp3) is 0.500. The number of amides is 1. The number of carbonyl (C=O) groups is 1. The molecule has 0 bridgehead atoms. The van der Waals surface area contributed by atoms with E-state index < -0.39 is 8.32 Å². The second-order valence-corrected chi connectivity index (χ2v) is 10.9. The lowest BCUT2D eigenvalue weighted by molar-refractivity contribution is 0.0730. The van der Waals surface area contributed by atoms with Gasteiger partial charge in [0.1, 0.15) is 0 Å². The molecule has 4 heteroatoms. The van der Waals surface area contributed by atoms with Crippen LogP contribution >= 0.6 is 0 Å². The lowest BCUT2D eigenvalue weighted by Crippen LogP contribution is -2.46. The monoisotopic (exact) mass is 265 g/mol. The Morgan fingerprint density at radius 2 is 1.67 bits per heavy atom. The average molecular weight is 265 g/mol. The van der Waals surface area contributed by atoms with Crippen LogP contribution in [0, 0.1) is 6.92 Å². The first-order valence-corrected chi connectivity index (χ1v) is 9.09. The summed E-state index contributed by atoms with van der Waals surface area (Å²) in [7, 11) is -1.94. The summed E-state index contributed by atoms with van der Waals surface area (Å²) >= 11 is 0. The molecule has 0 atom stereocenters. The molecule has 1 rings (SSSR count). The molecular weight excluding hydrogens is 242 g/mol. The molecule has 1 N–H and O–H groups in total. The highest BCUT2D eigenvalue weighted by atomic mass is 28.4. The molecule has 3 nitrogen and oxygen atoms in total. The molecule has 0 unspecified atom stereocenters. The van der Waals surface area contributed by atoms with Crippen LogP contribution in [0.1, 0.15) is 36.7 Å². The van der Waals surface area contributed by atoms with E-state index in [9.17, 15) is 4.79 Å². The van der Waals surface area contributed by atoms with Crippen molar-refractivity contribution in [1.82, 2.24) is 5.48 Å². The van der Waals surface area contributed by atoms with Crippen LogP contribution in [0.5, 0.6) is 0 Å². The van der Waals surface area contributed by atoms with Gasteiger partial charge in [0.15, 0.2) is 0 Å². The summed E-state index contributed by atoms with van der Waals surface area (Å²) in [5.41, 5.74) is 4.35. The van der Waals surface area contributed by atoms with Gasteiger partial charge < -0.3 is 4.53 Å². The average Bonchev–Trinajstić information content (AvgIpc) is 2.25. The molecule has 0 radical (unpaired) electrons.